The number of piperidine rings is 3. The predicted octanol–water partition coefficient (Wildman–Crippen LogP) is 4.52. The Morgan fingerprint density at radius 1 is 1.39 bits per heavy atom. The largest absolute Gasteiger partial charge is 0.497 e. The molecular weight excluding hydrogens is 348 g/mol. The molecule has 0 spiro atoms. The molecule has 1 aromatic heterocycles. The van der Waals surface area contributed by atoms with E-state index in [1.165, 1.54) is 6.42 Å². The number of aliphatic hydroxyl groups excluding tert-OH is 1. The van der Waals surface area contributed by atoms with Gasteiger partial charge in [-0.1, -0.05) is 19.4 Å². The van der Waals surface area contributed by atoms with Gasteiger partial charge in [0.15, 0.2) is 0 Å². The van der Waals surface area contributed by atoms with Gasteiger partial charge in [-0.15, -0.1) is 6.58 Å². The number of methoxy groups -OCH3 is 1. The van der Waals surface area contributed by atoms with E-state index in [0.717, 1.165) is 66.7 Å². The second-order valence-electron chi connectivity index (χ2n) is 8.38. The highest BCUT2D eigenvalue weighted by Crippen LogP contribution is 2.42. The van der Waals surface area contributed by atoms with Crippen molar-refractivity contribution in [2.24, 2.45) is 11.8 Å². The first-order valence-corrected chi connectivity index (χ1v) is 10.7. The maximum atomic E-state index is 11.5. The second-order valence-corrected chi connectivity index (χ2v) is 8.38. The lowest BCUT2D eigenvalue weighted by molar-refractivity contribution is -0.0445. The van der Waals surface area contributed by atoms with Crippen molar-refractivity contribution < 1.29 is 9.84 Å². The summed E-state index contributed by atoms with van der Waals surface area (Å²) in [6.07, 6.45) is 7.06. The van der Waals surface area contributed by atoms with Gasteiger partial charge in [-0.25, -0.2) is 0 Å². The molecule has 4 heteroatoms. The van der Waals surface area contributed by atoms with Crippen molar-refractivity contribution in [3.05, 3.63) is 48.2 Å². The maximum absolute atomic E-state index is 11.5. The van der Waals surface area contributed by atoms with E-state index in [1.54, 1.807) is 7.11 Å². The third kappa shape index (κ3) is 3.56. The standard InChI is InChI=1S/C24H32N2O2/c1-4-6-7-18-13-21(20-14-19(28-3)8-9-22(20)25-18)24(27)23-12-17-10-11-26(23)15-16(17)5-2/h5,8-9,13-14,16-17,23-24,27H,2,4,6-7,10-12,15H2,1,3H3/t16-,17-,23+,24-/m0/s1. The van der Waals surface area contributed by atoms with Crippen LogP contribution in [0.3, 0.4) is 0 Å². The van der Waals surface area contributed by atoms with Crippen LogP contribution in [-0.2, 0) is 6.42 Å². The minimum Gasteiger partial charge on any atom is -0.497 e. The zero-order valence-corrected chi connectivity index (χ0v) is 17.1. The van der Waals surface area contributed by atoms with Gasteiger partial charge < -0.3 is 9.84 Å². The van der Waals surface area contributed by atoms with Gasteiger partial charge in [-0.05, 0) is 73.9 Å². The zero-order chi connectivity index (χ0) is 19.7. The van der Waals surface area contributed by atoms with E-state index >= 15 is 0 Å². The molecule has 150 valence electrons. The molecule has 2 aromatic rings. The van der Waals surface area contributed by atoms with Crippen LogP contribution in [0.4, 0.5) is 0 Å². The first kappa shape index (κ1) is 19.4. The average Bonchev–Trinajstić information content (AvgIpc) is 2.76. The lowest BCUT2D eigenvalue weighted by Crippen LogP contribution is -2.54. The van der Waals surface area contributed by atoms with Crippen molar-refractivity contribution in [3.8, 4) is 5.75 Å². The maximum Gasteiger partial charge on any atom is 0.119 e. The molecule has 0 saturated carbocycles. The minimum absolute atomic E-state index is 0.172. The molecule has 1 N–H and O–H groups in total. The summed E-state index contributed by atoms with van der Waals surface area (Å²) in [5.41, 5.74) is 3.03. The van der Waals surface area contributed by atoms with Gasteiger partial charge >= 0.3 is 0 Å². The van der Waals surface area contributed by atoms with E-state index in [1.807, 2.05) is 18.2 Å². The molecule has 0 radical (unpaired) electrons. The van der Waals surface area contributed by atoms with Crippen LogP contribution in [0.5, 0.6) is 5.75 Å². The van der Waals surface area contributed by atoms with E-state index < -0.39 is 6.10 Å². The number of unbranched alkanes of at least 4 members (excludes halogenated alkanes) is 1. The van der Waals surface area contributed by atoms with Crippen molar-refractivity contribution >= 4 is 10.9 Å². The number of pyridine rings is 1. The third-order valence-corrected chi connectivity index (χ3v) is 6.72. The van der Waals surface area contributed by atoms with Crippen LogP contribution in [-0.4, -0.2) is 41.2 Å². The number of fused-ring (bicyclic) bond motifs is 4. The molecule has 0 amide bonds. The molecule has 3 aliphatic heterocycles. The van der Waals surface area contributed by atoms with Crippen molar-refractivity contribution in [1.29, 1.82) is 0 Å². The van der Waals surface area contributed by atoms with Crippen LogP contribution < -0.4 is 4.74 Å². The molecule has 3 saturated heterocycles. The van der Waals surface area contributed by atoms with Crippen molar-refractivity contribution in [2.75, 3.05) is 20.2 Å². The number of rotatable bonds is 7. The molecule has 1 aromatic carbocycles. The molecule has 5 atom stereocenters. The fraction of sp³-hybridized carbons (Fsp3) is 0.542. The Bertz CT molecular complexity index is 850. The predicted molar refractivity (Wildman–Crippen MR) is 114 cm³/mol. The molecular formula is C24H32N2O2. The molecule has 4 nitrogen and oxygen atoms in total. The Kier molecular flexibility index (Phi) is 5.70. The Hall–Kier alpha value is -1.91. The summed E-state index contributed by atoms with van der Waals surface area (Å²) in [5, 5.41) is 12.5. The summed E-state index contributed by atoms with van der Waals surface area (Å²) in [7, 11) is 1.68. The Morgan fingerprint density at radius 2 is 2.25 bits per heavy atom. The fourth-order valence-corrected chi connectivity index (χ4v) is 5.06. The first-order chi connectivity index (χ1) is 13.6. The lowest BCUT2D eigenvalue weighted by atomic mass is 9.73. The SMILES string of the molecule is C=C[C@H]1CN2CC[C@H]1C[C@@H]2[C@@H](O)c1cc(CCCC)nc2ccc(OC)cc12. The molecule has 5 rings (SSSR count). The molecule has 1 unspecified atom stereocenters. The van der Waals surface area contributed by atoms with E-state index in [-0.39, 0.29) is 6.04 Å². The zero-order valence-electron chi connectivity index (χ0n) is 17.1. The second kappa shape index (κ2) is 8.22. The number of hydrogen-bond acceptors (Lipinski definition) is 4. The molecule has 2 bridgehead atoms. The van der Waals surface area contributed by atoms with Crippen LogP contribution >= 0.6 is 0 Å². The highest BCUT2D eigenvalue weighted by Gasteiger charge is 2.42. The number of hydrogen-bond donors (Lipinski definition) is 1. The monoisotopic (exact) mass is 380 g/mol. The van der Waals surface area contributed by atoms with Gasteiger partial charge in [0.05, 0.1) is 18.7 Å². The highest BCUT2D eigenvalue weighted by molar-refractivity contribution is 5.84. The minimum atomic E-state index is -0.508. The van der Waals surface area contributed by atoms with Crippen LogP contribution in [0.25, 0.3) is 10.9 Å². The molecule has 0 aliphatic carbocycles. The van der Waals surface area contributed by atoms with E-state index in [9.17, 15) is 5.11 Å². The van der Waals surface area contributed by atoms with E-state index in [0.29, 0.717) is 11.8 Å². The van der Waals surface area contributed by atoms with Gasteiger partial charge in [0.1, 0.15) is 5.75 Å². The normalized spacial score (nSPS) is 27.7. The Labute approximate surface area is 168 Å². The van der Waals surface area contributed by atoms with Crippen molar-refractivity contribution in [1.82, 2.24) is 9.88 Å². The number of aliphatic hydroxyl groups is 1. The van der Waals surface area contributed by atoms with E-state index in [2.05, 4.69) is 30.5 Å². The first-order valence-electron chi connectivity index (χ1n) is 10.7. The molecule has 4 heterocycles. The Morgan fingerprint density at radius 3 is 2.93 bits per heavy atom. The Balaban J connectivity index is 1.72. The summed E-state index contributed by atoms with van der Waals surface area (Å²) in [6.45, 7) is 8.31. The number of aromatic nitrogens is 1. The number of nitrogens with zero attached hydrogens (tertiary/aromatic N) is 2. The fourth-order valence-electron chi connectivity index (χ4n) is 5.06. The van der Waals surface area contributed by atoms with Crippen LogP contribution in [0.15, 0.2) is 36.9 Å². The molecule has 28 heavy (non-hydrogen) atoms. The summed E-state index contributed by atoms with van der Waals surface area (Å²) in [6, 6.07) is 8.30. The third-order valence-electron chi connectivity index (χ3n) is 6.72. The summed E-state index contributed by atoms with van der Waals surface area (Å²) < 4.78 is 5.44. The van der Waals surface area contributed by atoms with Gasteiger partial charge in [-0.3, -0.25) is 9.88 Å². The van der Waals surface area contributed by atoms with Gasteiger partial charge in [0, 0.05) is 23.7 Å². The van der Waals surface area contributed by atoms with Crippen LogP contribution in [0.1, 0.15) is 50.0 Å². The molecule has 3 aliphatic rings. The van der Waals surface area contributed by atoms with Gasteiger partial charge in [0.25, 0.3) is 0 Å². The smallest absolute Gasteiger partial charge is 0.119 e. The van der Waals surface area contributed by atoms with Gasteiger partial charge in [-0.2, -0.15) is 0 Å². The number of benzene rings is 1. The van der Waals surface area contributed by atoms with Gasteiger partial charge in [0.2, 0.25) is 0 Å². The van der Waals surface area contributed by atoms with Crippen molar-refractivity contribution in [2.45, 2.75) is 51.2 Å². The summed E-state index contributed by atoms with van der Waals surface area (Å²) in [5.74, 6) is 2.01. The summed E-state index contributed by atoms with van der Waals surface area (Å²) in [4.78, 5) is 7.32. The van der Waals surface area contributed by atoms with E-state index in [4.69, 9.17) is 9.72 Å². The van der Waals surface area contributed by atoms with Crippen molar-refractivity contribution in [3.63, 3.8) is 0 Å². The topological polar surface area (TPSA) is 45.6 Å². The molecule has 3 fully saturated rings. The quantitative estimate of drug-likeness (QED) is 0.718. The number of ether oxygens (including phenoxy) is 1. The average molecular weight is 381 g/mol. The summed E-state index contributed by atoms with van der Waals surface area (Å²) >= 11 is 0. The highest BCUT2D eigenvalue weighted by atomic mass is 16.5. The lowest BCUT2D eigenvalue weighted by Gasteiger charge is -2.50. The van der Waals surface area contributed by atoms with Crippen LogP contribution in [0.2, 0.25) is 0 Å². The van der Waals surface area contributed by atoms with Crippen LogP contribution in [0, 0.1) is 11.8 Å². The number of aryl methyl sites for hydroxylation is 1.